The van der Waals surface area contributed by atoms with E-state index in [0.29, 0.717) is 42.0 Å². The minimum Gasteiger partial charge on any atom is -0.445 e. The van der Waals surface area contributed by atoms with E-state index < -0.39 is 11.7 Å². The second-order valence-electron chi connectivity index (χ2n) is 12.6. The minimum absolute atomic E-state index is 0.0219. The highest BCUT2D eigenvalue weighted by Gasteiger charge is 2.47. The van der Waals surface area contributed by atoms with Crippen molar-refractivity contribution in [1.29, 1.82) is 0 Å². The molecule has 0 N–H and O–H groups in total. The molecule has 10 heteroatoms. The molecule has 2 aromatic heterocycles. The van der Waals surface area contributed by atoms with Crippen LogP contribution in [0.15, 0.2) is 84.9 Å². The molecule has 46 heavy (non-hydrogen) atoms. The van der Waals surface area contributed by atoms with Gasteiger partial charge in [0.2, 0.25) is 6.73 Å². The van der Waals surface area contributed by atoms with Gasteiger partial charge in [-0.1, -0.05) is 60.1 Å². The van der Waals surface area contributed by atoms with E-state index >= 15 is 0 Å². The molecule has 3 aromatic carbocycles. The van der Waals surface area contributed by atoms with Gasteiger partial charge in [-0.05, 0) is 62.7 Å². The van der Waals surface area contributed by atoms with Gasteiger partial charge in [-0.2, -0.15) is 9.28 Å². The number of hydrogen-bond donors (Lipinski definition) is 0. The summed E-state index contributed by atoms with van der Waals surface area (Å²) >= 11 is 6.70. The molecule has 0 spiro atoms. The minimum atomic E-state index is -0.720. The Labute approximate surface area is 272 Å². The number of fused-ring (bicyclic) bond motifs is 2. The van der Waals surface area contributed by atoms with Crippen LogP contribution < -0.4 is 4.74 Å². The maximum absolute atomic E-state index is 13.6. The number of hydrogen-bond acceptors (Lipinski definition) is 7. The lowest BCUT2D eigenvalue weighted by molar-refractivity contribution is -0.863. The molecule has 0 saturated carbocycles. The molecule has 3 heterocycles. The van der Waals surface area contributed by atoms with Crippen LogP contribution in [0.5, 0.6) is 5.75 Å². The predicted molar refractivity (Wildman–Crippen MR) is 177 cm³/mol. The number of halogens is 1. The van der Waals surface area contributed by atoms with Crippen LogP contribution in [0.3, 0.4) is 0 Å². The number of methoxy groups -OCH3 is 1. The summed E-state index contributed by atoms with van der Waals surface area (Å²) in [6.07, 6.45) is -0.270. The molecule has 238 valence electrons. The van der Waals surface area contributed by atoms with Gasteiger partial charge in [-0.25, -0.2) is 14.3 Å². The van der Waals surface area contributed by atoms with Gasteiger partial charge in [0.15, 0.2) is 0 Å². The van der Waals surface area contributed by atoms with E-state index in [9.17, 15) is 9.59 Å². The lowest BCUT2D eigenvalue weighted by Crippen LogP contribution is -2.54. The van der Waals surface area contributed by atoms with Crippen LogP contribution in [0.4, 0.5) is 9.59 Å². The highest BCUT2D eigenvalue weighted by Crippen LogP contribution is 2.36. The molecular weight excluding hydrogens is 606 g/mol. The summed E-state index contributed by atoms with van der Waals surface area (Å²) in [4.78, 5) is 31.7. The smallest absolute Gasteiger partial charge is 0.445 e. The van der Waals surface area contributed by atoms with Crippen LogP contribution >= 0.6 is 11.6 Å². The Bertz CT molecular complexity index is 1900. The molecule has 1 fully saturated rings. The number of quaternary nitrogens is 1. The van der Waals surface area contributed by atoms with Gasteiger partial charge in [0, 0.05) is 29.9 Å². The Morgan fingerprint density at radius 3 is 2.48 bits per heavy atom. The van der Waals surface area contributed by atoms with Crippen molar-refractivity contribution in [3.05, 3.63) is 95.6 Å². The van der Waals surface area contributed by atoms with E-state index in [2.05, 4.69) is 4.98 Å². The maximum atomic E-state index is 13.6. The number of ether oxygens (including phenoxy) is 4. The quantitative estimate of drug-likeness (QED) is 0.131. The molecule has 0 bridgehead atoms. The third kappa shape index (κ3) is 6.58. The summed E-state index contributed by atoms with van der Waals surface area (Å²) in [6, 6.07) is 26.5. The van der Waals surface area contributed by atoms with Crippen LogP contribution in [0.25, 0.3) is 33.1 Å². The molecule has 6 rings (SSSR count). The van der Waals surface area contributed by atoms with Crippen molar-refractivity contribution >= 4 is 45.6 Å². The topological polar surface area (TPSA) is 88.9 Å². The summed E-state index contributed by atoms with van der Waals surface area (Å²) in [7, 11) is 1.65. The van der Waals surface area contributed by atoms with Crippen LogP contribution in [0.1, 0.15) is 32.8 Å². The van der Waals surface area contributed by atoms with Gasteiger partial charge in [-0.15, -0.1) is 0 Å². The third-order valence-corrected chi connectivity index (χ3v) is 8.43. The summed E-state index contributed by atoms with van der Waals surface area (Å²) in [5.74, 6) is 0.539. The van der Waals surface area contributed by atoms with Gasteiger partial charge in [0.25, 0.3) is 0 Å². The van der Waals surface area contributed by atoms with Crippen molar-refractivity contribution in [3.63, 3.8) is 0 Å². The van der Waals surface area contributed by atoms with E-state index in [-0.39, 0.29) is 35.2 Å². The molecule has 0 radical (unpaired) electrons. The zero-order chi connectivity index (χ0) is 32.5. The summed E-state index contributed by atoms with van der Waals surface area (Å²) in [5.41, 5.74) is 2.70. The molecule has 2 unspecified atom stereocenters. The fraction of sp³-hybridized carbons (Fsp3) is 0.306. The summed E-state index contributed by atoms with van der Waals surface area (Å²) in [6.45, 7) is 6.68. The first-order chi connectivity index (χ1) is 22.0. The van der Waals surface area contributed by atoms with Crippen molar-refractivity contribution in [3.8, 4) is 17.0 Å². The molecule has 1 aliphatic heterocycles. The van der Waals surface area contributed by atoms with E-state index in [1.165, 1.54) is 4.57 Å². The molecular formula is C36H37ClN3O6+. The average Bonchev–Trinajstić information content (AvgIpc) is 3.64. The SMILES string of the molecule is COC1CC[N+](COc2ccc3c(c2)cc(-c2cc4ccccc4nc2Cl)n3C(=O)OC(C)(C)C)(C(=O)OCc2ccccc2)C1. The number of para-hydroxylation sites is 1. The first kappa shape index (κ1) is 31.5. The van der Waals surface area contributed by atoms with Crippen LogP contribution in [-0.4, -0.2) is 64.9 Å². The molecule has 2 atom stereocenters. The number of amides is 1. The van der Waals surface area contributed by atoms with Crippen molar-refractivity contribution < 1.29 is 33.0 Å². The van der Waals surface area contributed by atoms with Crippen molar-refractivity contribution in [1.82, 2.24) is 9.55 Å². The Morgan fingerprint density at radius 2 is 1.74 bits per heavy atom. The number of rotatable bonds is 7. The monoisotopic (exact) mass is 642 g/mol. The summed E-state index contributed by atoms with van der Waals surface area (Å²) < 4.78 is 25.0. The standard InChI is InChI=1S/C36H37ClN3O6/c1-36(2,3)46-34(41)39-31-15-14-27(18-26(31)20-32(39)29-19-25-12-8-9-13-30(25)38-33(29)37)45-23-40(17-16-28(21-40)43-4)35(42)44-22-24-10-6-5-7-11-24/h5-15,18-20,28H,16-17,21-23H2,1-4H3/q+1. The molecule has 5 aromatic rings. The summed E-state index contributed by atoms with van der Waals surface area (Å²) in [5, 5.41) is 1.89. The lowest BCUT2D eigenvalue weighted by atomic mass is 10.1. The van der Waals surface area contributed by atoms with E-state index in [0.717, 1.165) is 21.9 Å². The molecule has 0 aliphatic carbocycles. The van der Waals surface area contributed by atoms with Gasteiger partial charge in [-0.3, -0.25) is 0 Å². The van der Waals surface area contributed by atoms with Crippen molar-refractivity contribution in [2.45, 2.75) is 45.5 Å². The van der Waals surface area contributed by atoms with E-state index in [4.69, 9.17) is 30.5 Å². The van der Waals surface area contributed by atoms with Gasteiger partial charge in [0.1, 0.15) is 35.8 Å². The Hall–Kier alpha value is -4.44. The first-order valence-corrected chi connectivity index (χ1v) is 15.6. The number of nitrogens with zero attached hydrogens (tertiary/aromatic N) is 3. The number of likely N-dealkylation sites (tertiary alicyclic amines) is 1. The fourth-order valence-electron chi connectivity index (χ4n) is 5.80. The second kappa shape index (κ2) is 12.7. The Morgan fingerprint density at radius 1 is 0.978 bits per heavy atom. The largest absolute Gasteiger partial charge is 0.519 e. The van der Waals surface area contributed by atoms with Crippen LogP contribution in [-0.2, 0) is 20.8 Å². The lowest BCUT2D eigenvalue weighted by Gasteiger charge is -2.29. The second-order valence-corrected chi connectivity index (χ2v) is 13.0. The Balaban J connectivity index is 1.32. The highest BCUT2D eigenvalue weighted by molar-refractivity contribution is 6.32. The van der Waals surface area contributed by atoms with Gasteiger partial charge < -0.3 is 18.9 Å². The third-order valence-electron chi connectivity index (χ3n) is 8.14. The molecule has 9 nitrogen and oxygen atoms in total. The van der Waals surface area contributed by atoms with Crippen LogP contribution in [0, 0.1) is 0 Å². The van der Waals surface area contributed by atoms with Gasteiger partial charge in [0.05, 0.1) is 23.3 Å². The molecule has 1 amide bonds. The van der Waals surface area contributed by atoms with Crippen LogP contribution in [0.2, 0.25) is 5.15 Å². The zero-order valence-corrected chi connectivity index (χ0v) is 27.1. The van der Waals surface area contributed by atoms with Crippen molar-refractivity contribution in [2.75, 3.05) is 26.9 Å². The predicted octanol–water partition coefficient (Wildman–Crippen LogP) is 8.20. The molecule has 1 saturated heterocycles. The number of benzene rings is 3. The normalized spacial score (nSPS) is 18.2. The molecule has 1 aliphatic rings. The first-order valence-electron chi connectivity index (χ1n) is 15.2. The number of carbonyl (C=O) groups excluding carboxylic acids is 2. The van der Waals surface area contributed by atoms with E-state index in [1.807, 2.05) is 93.6 Å². The number of pyridine rings is 1. The van der Waals surface area contributed by atoms with E-state index in [1.54, 1.807) is 19.2 Å². The maximum Gasteiger partial charge on any atom is 0.519 e. The van der Waals surface area contributed by atoms with Crippen molar-refractivity contribution in [2.24, 2.45) is 0 Å². The average molecular weight is 643 g/mol. The highest BCUT2D eigenvalue weighted by atomic mass is 35.5. The number of carbonyl (C=O) groups is 2. The Kier molecular flexibility index (Phi) is 8.74. The van der Waals surface area contributed by atoms with Gasteiger partial charge >= 0.3 is 12.2 Å². The number of aromatic nitrogens is 2. The fourth-order valence-corrected chi connectivity index (χ4v) is 6.05. The zero-order valence-electron chi connectivity index (χ0n) is 26.4.